The zero-order chi connectivity index (χ0) is 28.1. The summed E-state index contributed by atoms with van der Waals surface area (Å²) in [4.78, 5) is 27.2. The van der Waals surface area contributed by atoms with E-state index in [-0.39, 0.29) is 11.1 Å². The summed E-state index contributed by atoms with van der Waals surface area (Å²) >= 11 is 0. The maximum atomic E-state index is 13.2. The molecule has 9 heteroatoms. The van der Waals surface area contributed by atoms with Gasteiger partial charge in [0.25, 0.3) is 5.56 Å². The Morgan fingerprint density at radius 2 is 1.85 bits per heavy atom. The zero-order valence-corrected chi connectivity index (χ0v) is 23.2. The van der Waals surface area contributed by atoms with Crippen LogP contribution in [-0.4, -0.2) is 66.5 Å². The molecule has 0 amide bonds. The minimum atomic E-state index is -0.975. The molecule has 3 heterocycles. The molecule has 1 saturated heterocycles. The molecule has 0 spiro atoms. The van der Waals surface area contributed by atoms with Gasteiger partial charge in [0, 0.05) is 48.8 Å². The Hall–Kier alpha value is -3.82. The molecule has 2 aliphatic heterocycles. The highest BCUT2D eigenvalue weighted by atomic mass is 16.6. The van der Waals surface area contributed by atoms with E-state index in [1.165, 1.54) is 5.56 Å². The molecule has 0 aliphatic carbocycles. The Morgan fingerprint density at radius 1 is 1.07 bits per heavy atom. The van der Waals surface area contributed by atoms with E-state index in [1.54, 1.807) is 30.7 Å². The molecule has 0 unspecified atom stereocenters. The number of nitrogens with one attached hydrogen (secondary N) is 1. The second-order valence-corrected chi connectivity index (χ2v) is 10.3. The minimum absolute atomic E-state index is 0.149. The van der Waals surface area contributed by atoms with Crippen LogP contribution in [0.2, 0.25) is 0 Å². The highest BCUT2D eigenvalue weighted by Crippen LogP contribution is 2.31. The van der Waals surface area contributed by atoms with Gasteiger partial charge >= 0.3 is 5.97 Å². The highest BCUT2D eigenvalue weighted by Gasteiger charge is 2.20. The van der Waals surface area contributed by atoms with E-state index < -0.39 is 5.97 Å². The maximum absolute atomic E-state index is 13.2. The molecule has 2 N–H and O–H groups in total. The maximum Gasteiger partial charge on any atom is 0.331 e. The van der Waals surface area contributed by atoms with E-state index in [1.807, 2.05) is 24.3 Å². The number of nitrogens with zero attached hydrogens (tertiary/aromatic N) is 2. The molecule has 3 aromatic rings. The van der Waals surface area contributed by atoms with Crippen LogP contribution in [0.4, 0.5) is 0 Å². The molecule has 2 aliphatic rings. The standard InChI is InChI=1S/C31H37N3O6/c1-3-22(31(36)37)17-23-18-30(35)34(27-19-25(38-2)5-6-26(23)27)13-12-33-10-8-24(9-11-33)32-20-21-4-7-28-29(16-21)40-15-14-39-28/h4-7,16-19,24,32H,3,8-15,20H2,1-2H3,(H,36,37)/b22-17+. The molecule has 0 atom stereocenters. The molecule has 1 fully saturated rings. The van der Waals surface area contributed by atoms with E-state index in [0.29, 0.717) is 43.5 Å². The van der Waals surface area contributed by atoms with Gasteiger partial charge in [-0.05, 0) is 73.8 Å². The summed E-state index contributed by atoms with van der Waals surface area (Å²) in [5, 5.41) is 14.0. The van der Waals surface area contributed by atoms with Crippen LogP contribution in [0.15, 0.2) is 52.8 Å². The second kappa shape index (κ2) is 12.6. The average Bonchev–Trinajstić information content (AvgIpc) is 2.98. The largest absolute Gasteiger partial charge is 0.497 e. The number of aliphatic carboxylic acids is 1. The topological polar surface area (TPSA) is 102 Å². The van der Waals surface area contributed by atoms with Crippen LogP contribution < -0.4 is 25.1 Å². The van der Waals surface area contributed by atoms with Crippen molar-refractivity contribution in [3.05, 3.63) is 69.5 Å². The summed E-state index contributed by atoms with van der Waals surface area (Å²) in [6.45, 7) is 6.96. The van der Waals surface area contributed by atoms with Gasteiger partial charge < -0.3 is 34.1 Å². The summed E-state index contributed by atoms with van der Waals surface area (Å²) in [5.41, 5.74) is 2.66. The Bertz CT molecular complexity index is 1460. The summed E-state index contributed by atoms with van der Waals surface area (Å²) in [5.74, 6) is 1.31. The smallest absolute Gasteiger partial charge is 0.331 e. The Morgan fingerprint density at radius 3 is 2.58 bits per heavy atom. The van der Waals surface area contributed by atoms with Gasteiger partial charge in [0.05, 0.1) is 12.6 Å². The van der Waals surface area contributed by atoms with Crippen LogP contribution in [-0.2, 0) is 17.9 Å². The van der Waals surface area contributed by atoms with Gasteiger partial charge in [-0.2, -0.15) is 0 Å². The predicted octanol–water partition coefficient (Wildman–Crippen LogP) is 3.91. The molecular formula is C31H37N3O6. The lowest BCUT2D eigenvalue weighted by molar-refractivity contribution is -0.132. The fourth-order valence-electron chi connectivity index (χ4n) is 5.43. The first kappa shape index (κ1) is 27.7. The lowest BCUT2D eigenvalue weighted by atomic mass is 10.0. The van der Waals surface area contributed by atoms with E-state index in [9.17, 15) is 14.7 Å². The van der Waals surface area contributed by atoms with Crippen molar-refractivity contribution in [2.24, 2.45) is 0 Å². The summed E-state index contributed by atoms with van der Waals surface area (Å²) in [6.07, 6.45) is 4.04. The summed E-state index contributed by atoms with van der Waals surface area (Å²) < 4.78 is 18.5. The second-order valence-electron chi connectivity index (χ2n) is 10.3. The fraction of sp³-hybridized carbons (Fsp3) is 0.419. The van der Waals surface area contributed by atoms with Crippen molar-refractivity contribution in [1.29, 1.82) is 0 Å². The Labute approximate surface area is 234 Å². The van der Waals surface area contributed by atoms with Crippen molar-refractivity contribution in [1.82, 2.24) is 14.8 Å². The van der Waals surface area contributed by atoms with Gasteiger partial charge in [0.15, 0.2) is 11.5 Å². The van der Waals surface area contributed by atoms with Gasteiger partial charge in [-0.3, -0.25) is 4.79 Å². The van der Waals surface area contributed by atoms with Crippen LogP contribution in [0.5, 0.6) is 17.2 Å². The Kier molecular flexibility index (Phi) is 8.72. The number of hydrogen-bond donors (Lipinski definition) is 2. The SMILES string of the molecule is CC/C(=C\c1cc(=O)n(CCN2CCC(NCc3ccc4c(c3)OCCO4)CC2)c2cc(OC)ccc12)C(=O)O. The number of likely N-dealkylation sites (tertiary alicyclic amines) is 1. The minimum Gasteiger partial charge on any atom is -0.497 e. The predicted molar refractivity (Wildman–Crippen MR) is 154 cm³/mol. The number of carboxylic acid groups (broad SMARTS) is 1. The van der Waals surface area contributed by atoms with Crippen molar-refractivity contribution < 1.29 is 24.1 Å². The molecule has 40 heavy (non-hydrogen) atoms. The van der Waals surface area contributed by atoms with Gasteiger partial charge in [-0.25, -0.2) is 4.79 Å². The van der Waals surface area contributed by atoms with Crippen LogP contribution >= 0.6 is 0 Å². The molecular weight excluding hydrogens is 510 g/mol. The first-order chi connectivity index (χ1) is 19.4. The third-order valence-electron chi connectivity index (χ3n) is 7.77. The van der Waals surface area contributed by atoms with Crippen LogP contribution in [0.1, 0.15) is 37.3 Å². The number of methoxy groups -OCH3 is 1. The molecule has 212 valence electrons. The lowest BCUT2D eigenvalue weighted by Crippen LogP contribution is -2.43. The van der Waals surface area contributed by atoms with E-state index in [2.05, 4.69) is 22.3 Å². The van der Waals surface area contributed by atoms with Gasteiger partial charge in [0.1, 0.15) is 19.0 Å². The van der Waals surface area contributed by atoms with Crippen molar-refractivity contribution in [2.45, 2.75) is 45.3 Å². The third kappa shape index (κ3) is 6.32. The normalized spacial score (nSPS) is 16.3. The number of pyridine rings is 1. The molecule has 9 nitrogen and oxygen atoms in total. The number of aromatic nitrogens is 1. The van der Waals surface area contributed by atoms with Crippen LogP contribution in [0.25, 0.3) is 17.0 Å². The van der Waals surface area contributed by atoms with Crippen molar-refractivity contribution in [3.8, 4) is 17.2 Å². The monoisotopic (exact) mass is 547 g/mol. The quantitative estimate of drug-likeness (QED) is 0.369. The first-order valence-corrected chi connectivity index (χ1v) is 13.9. The molecule has 0 bridgehead atoms. The zero-order valence-electron chi connectivity index (χ0n) is 23.2. The van der Waals surface area contributed by atoms with Crippen molar-refractivity contribution in [3.63, 3.8) is 0 Å². The third-order valence-corrected chi connectivity index (χ3v) is 7.77. The van der Waals surface area contributed by atoms with Crippen LogP contribution in [0.3, 0.4) is 0 Å². The number of carboxylic acids is 1. The van der Waals surface area contributed by atoms with E-state index in [0.717, 1.165) is 61.4 Å². The summed E-state index contributed by atoms with van der Waals surface area (Å²) in [7, 11) is 1.60. The number of ether oxygens (including phenoxy) is 3. The number of benzene rings is 2. The summed E-state index contributed by atoms with van der Waals surface area (Å²) in [6, 6.07) is 13.7. The van der Waals surface area contributed by atoms with Crippen LogP contribution in [0, 0.1) is 0 Å². The number of rotatable bonds is 10. The number of fused-ring (bicyclic) bond motifs is 2. The van der Waals surface area contributed by atoms with E-state index >= 15 is 0 Å². The van der Waals surface area contributed by atoms with E-state index in [4.69, 9.17) is 14.2 Å². The molecule has 2 aromatic carbocycles. The number of piperidine rings is 1. The lowest BCUT2D eigenvalue weighted by Gasteiger charge is -2.32. The highest BCUT2D eigenvalue weighted by molar-refractivity contribution is 5.97. The number of hydrogen-bond acceptors (Lipinski definition) is 7. The van der Waals surface area contributed by atoms with Crippen molar-refractivity contribution >= 4 is 22.9 Å². The molecule has 1 aromatic heterocycles. The van der Waals surface area contributed by atoms with Gasteiger partial charge in [-0.1, -0.05) is 13.0 Å². The number of carbonyl (C=O) groups is 1. The van der Waals surface area contributed by atoms with Crippen molar-refractivity contribution in [2.75, 3.05) is 40.0 Å². The molecule has 0 saturated carbocycles. The van der Waals surface area contributed by atoms with Gasteiger partial charge in [-0.15, -0.1) is 0 Å². The van der Waals surface area contributed by atoms with Gasteiger partial charge in [0.2, 0.25) is 0 Å². The Balaban J connectivity index is 1.22. The average molecular weight is 548 g/mol. The fourth-order valence-corrected chi connectivity index (χ4v) is 5.43. The molecule has 5 rings (SSSR count). The first-order valence-electron chi connectivity index (χ1n) is 13.9. The molecule has 0 radical (unpaired) electrons.